The largest absolute Gasteiger partial charge is 0.345 e. The van der Waals surface area contributed by atoms with Crippen LogP contribution in [0.3, 0.4) is 0 Å². The fourth-order valence-corrected chi connectivity index (χ4v) is 4.02. The fourth-order valence-electron chi connectivity index (χ4n) is 2.91. The number of carbonyl (C=O) groups excluding carboxylic acids is 1. The SMILES string of the molecule is Cc1ccc2nc(N3CCN(C(=O)c4ccccn4)CC3)sc2c1. The predicted molar refractivity (Wildman–Crippen MR) is 96.7 cm³/mol. The first kappa shape index (κ1) is 15.1. The van der Waals surface area contributed by atoms with Gasteiger partial charge in [0.1, 0.15) is 5.69 Å². The Morgan fingerprint density at radius 2 is 1.96 bits per heavy atom. The van der Waals surface area contributed by atoms with E-state index in [1.54, 1.807) is 23.6 Å². The molecule has 1 amide bonds. The predicted octanol–water partition coefficient (Wildman–Crippen LogP) is 2.96. The molecule has 24 heavy (non-hydrogen) atoms. The fraction of sp³-hybridized carbons (Fsp3) is 0.278. The number of fused-ring (bicyclic) bond motifs is 1. The van der Waals surface area contributed by atoms with Gasteiger partial charge in [-0.15, -0.1) is 0 Å². The maximum atomic E-state index is 12.5. The summed E-state index contributed by atoms with van der Waals surface area (Å²) in [5, 5.41) is 1.04. The summed E-state index contributed by atoms with van der Waals surface area (Å²) in [4.78, 5) is 25.5. The highest BCUT2D eigenvalue weighted by Crippen LogP contribution is 2.30. The molecule has 3 heterocycles. The molecule has 0 radical (unpaired) electrons. The van der Waals surface area contributed by atoms with Gasteiger partial charge in [0.05, 0.1) is 10.2 Å². The van der Waals surface area contributed by atoms with Gasteiger partial charge in [-0.3, -0.25) is 9.78 Å². The van der Waals surface area contributed by atoms with Crippen molar-refractivity contribution in [1.82, 2.24) is 14.9 Å². The summed E-state index contributed by atoms with van der Waals surface area (Å²) >= 11 is 1.72. The van der Waals surface area contributed by atoms with E-state index in [0.29, 0.717) is 18.8 Å². The Balaban J connectivity index is 1.46. The van der Waals surface area contributed by atoms with Crippen molar-refractivity contribution in [1.29, 1.82) is 0 Å². The molecule has 0 unspecified atom stereocenters. The Morgan fingerprint density at radius 1 is 1.12 bits per heavy atom. The lowest BCUT2D eigenvalue weighted by Gasteiger charge is -2.34. The number of aryl methyl sites for hydroxylation is 1. The third-order valence-corrected chi connectivity index (χ3v) is 5.33. The van der Waals surface area contributed by atoms with Crippen LogP contribution in [-0.2, 0) is 0 Å². The Morgan fingerprint density at radius 3 is 2.71 bits per heavy atom. The molecule has 0 spiro atoms. The zero-order valence-corrected chi connectivity index (χ0v) is 14.3. The molecular weight excluding hydrogens is 320 g/mol. The molecule has 1 aliphatic rings. The molecule has 0 atom stereocenters. The lowest BCUT2D eigenvalue weighted by Crippen LogP contribution is -2.49. The number of aromatic nitrogens is 2. The number of thiazole rings is 1. The molecule has 2 aromatic heterocycles. The monoisotopic (exact) mass is 338 g/mol. The van der Waals surface area contributed by atoms with E-state index in [-0.39, 0.29) is 5.91 Å². The second-order valence-electron chi connectivity index (χ2n) is 5.96. The Kier molecular flexibility index (Phi) is 3.90. The quantitative estimate of drug-likeness (QED) is 0.721. The second-order valence-corrected chi connectivity index (χ2v) is 6.97. The van der Waals surface area contributed by atoms with Gasteiger partial charge in [-0.2, -0.15) is 0 Å². The van der Waals surface area contributed by atoms with Crippen LogP contribution in [0.25, 0.3) is 10.2 Å². The summed E-state index contributed by atoms with van der Waals surface area (Å²) in [6, 6.07) is 11.8. The summed E-state index contributed by atoms with van der Waals surface area (Å²) in [5.41, 5.74) is 2.82. The number of pyridine rings is 1. The van der Waals surface area contributed by atoms with Crippen LogP contribution in [0.15, 0.2) is 42.6 Å². The summed E-state index contributed by atoms with van der Waals surface area (Å²) in [6.45, 7) is 5.10. The number of nitrogens with zero attached hydrogens (tertiary/aromatic N) is 4. The van der Waals surface area contributed by atoms with Crippen molar-refractivity contribution in [3.63, 3.8) is 0 Å². The highest BCUT2D eigenvalue weighted by molar-refractivity contribution is 7.22. The normalized spacial score (nSPS) is 15.0. The summed E-state index contributed by atoms with van der Waals surface area (Å²) in [7, 11) is 0. The second kappa shape index (κ2) is 6.20. The van der Waals surface area contributed by atoms with Crippen molar-refractivity contribution in [2.24, 2.45) is 0 Å². The standard InChI is InChI=1S/C18H18N4OS/c1-13-5-6-14-16(12-13)24-18(20-14)22-10-8-21(9-11-22)17(23)15-4-2-3-7-19-15/h2-7,12H,8-11H2,1H3. The molecule has 0 bridgehead atoms. The first-order valence-corrected chi connectivity index (χ1v) is 8.85. The van der Waals surface area contributed by atoms with Gasteiger partial charge in [-0.1, -0.05) is 23.5 Å². The molecule has 0 N–H and O–H groups in total. The lowest BCUT2D eigenvalue weighted by molar-refractivity contribution is 0.0741. The van der Waals surface area contributed by atoms with Gasteiger partial charge in [0.25, 0.3) is 5.91 Å². The van der Waals surface area contributed by atoms with E-state index >= 15 is 0 Å². The van der Waals surface area contributed by atoms with Gasteiger partial charge in [-0.25, -0.2) is 4.98 Å². The highest BCUT2D eigenvalue weighted by atomic mass is 32.1. The first-order chi connectivity index (χ1) is 11.7. The molecule has 0 aliphatic carbocycles. The Bertz CT molecular complexity index is 869. The molecule has 4 rings (SSSR count). The number of hydrogen-bond acceptors (Lipinski definition) is 5. The van der Waals surface area contributed by atoms with Crippen molar-refractivity contribution >= 4 is 32.6 Å². The summed E-state index contributed by atoms with van der Waals surface area (Å²) < 4.78 is 1.22. The highest BCUT2D eigenvalue weighted by Gasteiger charge is 2.24. The van der Waals surface area contributed by atoms with Crippen molar-refractivity contribution in [2.45, 2.75) is 6.92 Å². The zero-order chi connectivity index (χ0) is 16.5. The molecule has 1 saturated heterocycles. The first-order valence-electron chi connectivity index (χ1n) is 8.03. The van der Waals surface area contributed by atoms with Crippen molar-refractivity contribution in [2.75, 3.05) is 31.1 Å². The maximum absolute atomic E-state index is 12.5. The van der Waals surface area contributed by atoms with Crippen LogP contribution in [0.2, 0.25) is 0 Å². The maximum Gasteiger partial charge on any atom is 0.272 e. The van der Waals surface area contributed by atoms with E-state index < -0.39 is 0 Å². The van der Waals surface area contributed by atoms with Crippen LogP contribution in [-0.4, -0.2) is 47.0 Å². The van der Waals surface area contributed by atoms with E-state index in [0.717, 1.165) is 23.7 Å². The average molecular weight is 338 g/mol. The van der Waals surface area contributed by atoms with Gasteiger partial charge in [0.15, 0.2) is 5.13 Å². The van der Waals surface area contributed by atoms with Crippen molar-refractivity contribution in [3.8, 4) is 0 Å². The number of carbonyl (C=O) groups is 1. The van der Waals surface area contributed by atoms with Crippen molar-refractivity contribution < 1.29 is 4.79 Å². The van der Waals surface area contributed by atoms with E-state index in [9.17, 15) is 4.79 Å². The third-order valence-electron chi connectivity index (χ3n) is 4.25. The zero-order valence-electron chi connectivity index (χ0n) is 13.5. The topological polar surface area (TPSA) is 49.3 Å². The van der Waals surface area contributed by atoms with Crippen LogP contribution in [0.4, 0.5) is 5.13 Å². The molecule has 122 valence electrons. The summed E-state index contributed by atoms with van der Waals surface area (Å²) in [5.74, 6) is 0.00942. The van der Waals surface area contributed by atoms with Crippen LogP contribution in [0.1, 0.15) is 16.1 Å². The third kappa shape index (κ3) is 2.85. The lowest BCUT2D eigenvalue weighted by atomic mass is 10.2. The number of amides is 1. The van der Waals surface area contributed by atoms with Crippen LogP contribution in [0, 0.1) is 6.92 Å². The number of piperazine rings is 1. The summed E-state index contributed by atoms with van der Waals surface area (Å²) in [6.07, 6.45) is 1.66. The Hall–Kier alpha value is -2.47. The minimum atomic E-state index is 0.00942. The molecule has 1 fully saturated rings. The smallest absolute Gasteiger partial charge is 0.272 e. The van der Waals surface area contributed by atoms with Gasteiger partial charge in [0.2, 0.25) is 0 Å². The molecule has 1 aliphatic heterocycles. The molecule has 1 aromatic carbocycles. The van der Waals surface area contributed by atoms with Crippen LogP contribution < -0.4 is 4.90 Å². The Labute approximate surface area is 144 Å². The van der Waals surface area contributed by atoms with E-state index in [4.69, 9.17) is 4.98 Å². The van der Waals surface area contributed by atoms with Gasteiger partial charge >= 0.3 is 0 Å². The molecular formula is C18H18N4OS. The van der Waals surface area contributed by atoms with Crippen LogP contribution in [0.5, 0.6) is 0 Å². The minimum absolute atomic E-state index is 0.00942. The molecule has 3 aromatic rings. The minimum Gasteiger partial charge on any atom is -0.345 e. The molecule has 5 nitrogen and oxygen atoms in total. The van der Waals surface area contributed by atoms with Crippen molar-refractivity contribution in [3.05, 3.63) is 53.9 Å². The van der Waals surface area contributed by atoms with E-state index in [1.165, 1.54) is 10.3 Å². The van der Waals surface area contributed by atoms with E-state index in [1.807, 2.05) is 17.0 Å². The molecule has 0 saturated carbocycles. The number of rotatable bonds is 2. The molecule has 6 heteroatoms. The average Bonchev–Trinajstić information content (AvgIpc) is 3.05. The number of benzene rings is 1. The van der Waals surface area contributed by atoms with Crippen LogP contribution >= 0.6 is 11.3 Å². The van der Waals surface area contributed by atoms with E-state index in [2.05, 4.69) is 35.0 Å². The van der Waals surface area contributed by atoms with Gasteiger partial charge < -0.3 is 9.80 Å². The van der Waals surface area contributed by atoms with Gasteiger partial charge in [0, 0.05) is 32.4 Å². The number of hydrogen-bond donors (Lipinski definition) is 0. The number of anilines is 1. The van der Waals surface area contributed by atoms with Gasteiger partial charge in [-0.05, 0) is 36.8 Å².